The number of hydrogen-bond acceptors (Lipinski definition) is 7. The lowest BCUT2D eigenvalue weighted by atomic mass is 10.2. The van der Waals surface area contributed by atoms with Crippen LogP contribution in [-0.4, -0.2) is 58.3 Å². The average Bonchev–Trinajstić information content (AvgIpc) is 2.78. The molecule has 0 radical (unpaired) electrons. The molecule has 32 heavy (non-hydrogen) atoms. The summed E-state index contributed by atoms with van der Waals surface area (Å²) in [6, 6.07) is 11.4. The largest absolute Gasteiger partial charge is 0.493 e. The molecule has 1 amide bonds. The van der Waals surface area contributed by atoms with Gasteiger partial charge in [-0.1, -0.05) is 25.1 Å². The van der Waals surface area contributed by atoms with Crippen LogP contribution in [0, 0.1) is 0 Å². The van der Waals surface area contributed by atoms with Crippen LogP contribution in [0.25, 0.3) is 0 Å². The number of methoxy groups -OCH3 is 1. The van der Waals surface area contributed by atoms with E-state index >= 15 is 0 Å². The molecule has 0 saturated carbocycles. The van der Waals surface area contributed by atoms with E-state index in [9.17, 15) is 13.2 Å². The number of nitrogens with zero attached hydrogens (tertiary/aromatic N) is 2. The molecule has 2 aromatic carbocycles. The molecule has 0 aliphatic rings. The van der Waals surface area contributed by atoms with Gasteiger partial charge in [0.2, 0.25) is 10.0 Å². The van der Waals surface area contributed by atoms with Crippen molar-refractivity contribution in [1.29, 1.82) is 0 Å². The summed E-state index contributed by atoms with van der Waals surface area (Å²) >= 11 is 0. The van der Waals surface area contributed by atoms with Gasteiger partial charge in [-0.25, -0.2) is 8.42 Å². The number of hydrogen-bond donors (Lipinski definition) is 1. The first-order valence-corrected chi connectivity index (χ1v) is 11.7. The molecule has 0 fully saturated rings. The molecule has 0 bridgehead atoms. The molecular formula is C22H29N3O6S. The van der Waals surface area contributed by atoms with Crippen molar-refractivity contribution in [2.75, 3.05) is 38.7 Å². The number of anilines is 1. The van der Waals surface area contributed by atoms with Crippen LogP contribution in [0.4, 0.5) is 5.69 Å². The van der Waals surface area contributed by atoms with Crippen molar-refractivity contribution in [3.8, 4) is 11.5 Å². The number of ether oxygens (including phenoxy) is 2. The molecule has 0 heterocycles. The van der Waals surface area contributed by atoms with Crippen molar-refractivity contribution >= 4 is 27.8 Å². The number of nitrogens with one attached hydrogen (secondary N) is 1. The molecule has 0 unspecified atom stereocenters. The molecule has 2 rings (SSSR count). The van der Waals surface area contributed by atoms with Crippen LogP contribution in [0.2, 0.25) is 0 Å². The predicted octanol–water partition coefficient (Wildman–Crippen LogP) is 3.11. The van der Waals surface area contributed by atoms with E-state index in [1.54, 1.807) is 51.3 Å². The maximum absolute atomic E-state index is 12.6. The van der Waals surface area contributed by atoms with E-state index in [0.29, 0.717) is 42.4 Å². The van der Waals surface area contributed by atoms with Crippen molar-refractivity contribution < 1.29 is 27.5 Å². The Hall–Kier alpha value is -3.11. The van der Waals surface area contributed by atoms with E-state index in [0.717, 1.165) is 0 Å². The lowest BCUT2D eigenvalue weighted by molar-refractivity contribution is -0.120. The lowest BCUT2D eigenvalue weighted by Crippen LogP contribution is -2.30. The van der Waals surface area contributed by atoms with Crippen LogP contribution in [0.5, 0.6) is 11.5 Å². The van der Waals surface area contributed by atoms with Crippen LogP contribution in [0.15, 0.2) is 52.5 Å². The number of sulfonamides is 1. The quantitative estimate of drug-likeness (QED) is 0.383. The molecule has 0 atom stereocenters. The topological polar surface area (TPSA) is 107 Å². The molecule has 0 spiro atoms. The zero-order chi connectivity index (χ0) is 23.6. The summed E-state index contributed by atoms with van der Waals surface area (Å²) in [5, 5.41) is 6.40. The maximum atomic E-state index is 12.6. The van der Waals surface area contributed by atoms with E-state index in [2.05, 4.69) is 10.5 Å². The third-order valence-corrected chi connectivity index (χ3v) is 6.47. The zero-order valence-corrected chi connectivity index (χ0v) is 19.5. The molecule has 9 nitrogen and oxygen atoms in total. The van der Waals surface area contributed by atoms with Gasteiger partial charge in [0.05, 0.1) is 24.8 Å². The minimum absolute atomic E-state index is 0.113. The van der Waals surface area contributed by atoms with Crippen LogP contribution in [0.1, 0.15) is 26.3 Å². The summed E-state index contributed by atoms with van der Waals surface area (Å²) in [6.07, 6.45) is 1.45. The van der Waals surface area contributed by atoms with Crippen molar-refractivity contribution in [3.05, 3.63) is 48.0 Å². The minimum atomic E-state index is -3.62. The summed E-state index contributed by atoms with van der Waals surface area (Å²) in [7, 11) is -2.07. The van der Waals surface area contributed by atoms with Gasteiger partial charge >= 0.3 is 0 Å². The van der Waals surface area contributed by atoms with E-state index < -0.39 is 15.9 Å². The predicted molar refractivity (Wildman–Crippen MR) is 123 cm³/mol. The average molecular weight is 464 g/mol. The van der Waals surface area contributed by atoms with Gasteiger partial charge < -0.3 is 19.6 Å². The Bertz CT molecular complexity index is 1040. The molecule has 0 aliphatic carbocycles. The number of amides is 1. The first-order valence-electron chi connectivity index (χ1n) is 10.2. The fraction of sp³-hybridized carbons (Fsp3) is 0.364. The fourth-order valence-corrected chi connectivity index (χ4v) is 4.38. The number of rotatable bonds is 12. The molecular weight excluding hydrogens is 434 g/mol. The molecule has 174 valence electrons. The van der Waals surface area contributed by atoms with Crippen molar-refractivity contribution in [2.45, 2.75) is 25.7 Å². The summed E-state index contributed by atoms with van der Waals surface area (Å²) in [6.45, 7) is 6.34. The van der Waals surface area contributed by atoms with Gasteiger partial charge in [-0.15, -0.1) is 0 Å². The first-order chi connectivity index (χ1) is 15.3. The summed E-state index contributed by atoms with van der Waals surface area (Å²) in [4.78, 5) is 17.3. The number of oxime groups is 1. The van der Waals surface area contributed by atoms with Crippen LogP contribution >= 0.6 is 0 Å². The summed E-state index contributed by atoms with van der Waals surface area (Å²) in [5.74, 6) is 0.717. The van der Waals surface area contributed by atoms with Crippen LogP contribution < -0.4 is 14.8 Å². The lowest BCUT2D eigenvalue weighted by Gasteiger charge is -2.18. The number of carbonyl (C=O) groups is 1. The van der Waals surface area contributed by atoms with Gasteiger partial charge in [-0.2, -0.15) is 4.31 Å². The summed E-state index contributed by atoms with van der Waals surface area (Å²) in [5.41, 5.74) is 1.06. The van der Waals surface area contributed by atoms with Crippen LogP contribution in [-0.2, 0) is 19.7 Å². The van der Waals surface area contributed by atoms with Gasteiger partial charge in [0.25, 0.3) is 5.91 Å². The SMILES string of the molecule is CCOc1ccc(/C=N/OCC(=O)Nc2cccc(S(=O)(=O)N(CC)CC)c2)cc1OC. The Balaban J connectivity index is 1.95. The van der Waals surface area contributed by atoms with E-state index in [1.807, 2.05) is 6.92 Å². The van der Waals surface area contributed by atoms with E-state index in [4.69, 9.17) is 14.3 Å². The van der Waals surface area contributed by atoms with E-state index in [1.165, 1.54) is 22.7 Å². The van der Waals surface area contributed by atoms with Gasteiger partial charge in [0.1, 0.15) is 0 Å². The van der Waals surface area contributed by atoms with Gasteiger partial charge in [0, 0.05) is 24.3 Å². The molecule has 10 heteroatoms. The smallest absolute Gasteiger partial charge is 0.265 e. The highest BCUT2D eigenvalue weighted by Crippen LogP contribution is 2.27. The Morgan fingerprint density at radius 1 is 1.09 bits per heavy atom. The molecule has 0 aromatic heterocycles. The molecule has 1 N–H and O–H groups in total. The zero-order valence-electron chi connectivity index (χ0n) is 18.7. The molecule has 0 aliphatic heterocycles. The van der Waals surface area contributed by atoms with Crippen molar-refractivity contribution in [1.82, 2.24) is 4.31 Å². The monoisotopic (exact) mass is 463 g/mol. The standard InChI is InChI=1S/C22H29N3O6S/c1-5-25(6-2)32(27,28)19-10-8-9-18(14-19)24-22(26)16-31-23-15-17-11-12-20(30-7-3)21(13-17)29-4/h8-15H,5-7,16H2,1-4H3,(H,24,26)/b23-15+. The fourth-order valence-electron chi connectivity index (χ4n) is 2.88. The Morgan fingerprint density at radius 3 is 2.50 bits per heavy atom. The molecule has 0 saturated heterocycles. The summed E-state index contributed by atoms with van der Waals surface area (Å²) < 4.78 is 37.3. The highest BCUT2D eigenvalue weighted by molar-refractivity contribution is 7.89. The Kier molecular flexibility index (Phi) is 9.48. The van der Waals surface area contributed by atoms with Gasteiger partial charge in [0.15, 0.2) is 18.1 Å². The first kappa shape index (κ1) is 25.2. The molecule has 2 aromatic rings. The normalized spacial score (nSPS) is 11.5. The number of benzene rings is 2. The second-order valence-electron chi connectivity index (χ2n) is 6.52. The van der Waals surface area contributed by atoms with Gasteiger partial charge in [-0.3, -0.25) is 4.79 Å². The maximum Gasteiger partial charge on any atom is 0.265 e. The second kappa shape index (κ2) is 12.1. The van der Waals surface area contributed by atoms with Crippen LogP contribution in [0.3, 0.4) is 0 Å². The Labute approximate surface area is 189 Å². The van der Waals surface area contributed by atoms with Gasteiger partial charge in [-0.05, 0) is 43.3 Å². The van der Waals surface area contributed by atoms with Crippen molar-refractivity contribution in [2.24, 2.45) is 5.16 Å². The highest BCUT2D eigenvalue weighted by Gasteiger charge is 2.21. The minimum Gasteiger partial charge on any atom is -0.493 e. The van der Waals surface area contributed by atoms with E-state index in [-0.39, 0.29) is 11.5 Å². The second-order valence-corrected chi connectivity index (χ2v) is 8.45. The third-order valence-electron chi connectivity index (χ3n) is 4.42. The highest BCUT2D eigenvalue weighted by atomic mass is 32.2. The number of carbonyl (C=O) groups excluding carboxylic acids is 1. The third kappa shape index (κ3) is 6.69. The Morgan fingerprint density at radius 2 is 1.84 bits per heavy atom. The van der Waals surface area contributed by atoms with Crippen molar-refractivity contribution in [3.63, 3.8) is 0 Å².